The van der Waals surface area contributed by atoms with Crippen LogP contribution in [0.1, 0.15) is 66.7 Å². The third-order valence-corrected chi connectivity index (χ3v) is 4.08. The summed E-state index contributed by atoms with van der Waals surface area (Å²) in [5.74, 6) is 0.365. The Bertz CT molecular complexity index is 520. The van der Waals surface area contributed by atoms with Gasteiger partial charge < -0.3 is 10.6 Å². The van der Waals surface area contributed by atoms with Crippen LogP contribution in [0.5, 0.6) is 0 Å². The Hall–Kier alpha value is -1.84. The molecule has 0 saturated heterocycles. The minimum Gasteiger partial charge on any atom is -0.352 e. The maximum Gasteiger partial charge on any atom is 0.251 e. The van der Waals surface area contributed by atoms with E-state index in [4.69, 9.17) is 0 Å². The summed E-state index contributed by atoms with van der Waals surface area (Å²) in [4.78, 5) is 24.3. The maximum absolute atomic E-state index is 12.2. The second-order valence-corrected chi connectivity index (χ2v) is 6.47. The molecule has 0 heterocycles. The topological polar surface area (TPSA) is 58.2 Å². The van der Waals surface area contributed by atoms with Crippen molar-refractivity contribution in [3.8, 4) is 0 Å². The predicted octanol–water partition coefficient (Wildman–Crippen LogP) is 3.13. The molecule has 0 spiro atoms. The summed E-state index contributed by atoms with van der Waals surface area (Å²) in [7, 11) is 0. The largest absolute Gasteiger partial charge is 0.352 e. The van der Waals surface area contributed by atoms with Crippen molar-refractivity contribution in [3.63, 3.8) is 0 Å². The number of hydrogen-bond donors (Lipinski definition) is 2. The first-order valence-corrected chi connectivity index (χ1v) is 8.25. The molecule has 2 amide bonds. The average Bonchev–Trinajstić information content (AvgIpc) is 3.00. The van der Waals surface area contributed by atoms with Crippen molar-refractivity contribution in [2.24, 2.45) is 5.92 Å². The fourth-order valence-electron chi connectivity index (χ4n) is 2.72. The molecule has 1 aliphatic carbocycles. The lowest BCUT2D eigenvalue weighted by molar-refractivity contribution is 0.0938. The molecule has 1 aromatic rings. The number of nitrogens with one attached hydrogen (secondary N) is 2. The van der Waals surface area contributed by atoms with Crippen LogP contribution < -0.4 is 10.6 Å². The summed E-state index contributed by atoms with van der Waals surface area (Å²) < 4.78 is 0. The highest BCUT2D eigenvalue weighted by Gasteiger charge is 2.18. The Morgan fingerprint density at radius 3 is 2.41 bits per heavy atom. The minimum absolute atomic E-state index is 0.0799. The third-order valence-electron chi connectivity index (χ3n) is 4.08. The van der Waals surface area contributed by atoms with Crippen molar-refractivity contribution in [3.05, 3.63) is 35.4 Å². The van der Waals surface area contributed by atoms with Gasteiger partial charge in [0, 0.05) is 23.7 Å². The summed E-state index contributed by atoms with van der Waals surface area (Å²) >= 11 is 0. The molecule has 2 N–H and O–H groups in total. The second kappa shape index (κ2) is 7.97. The number of hydrogen-bond acceptors (Lipinski definition) is 2. The molecule has 1 aliphatic rings. The highest BCUT2D eigenvalue weighted by atomic mass is 16.2. The highest BCUT2D eigenvalue weighted by Crippen LogP contribution is 2.18. The van der Waals surface area contributed by atoms with Gasteiger partial charge in [-0.25, -0.2) is 0 Å². The maximum atomic E-state index is 12.2. The molecule has 1 saturated carbocycles. The molecule has 0 aromatic heterocycles. The van der Waals surface area contributed by atoms with E-state index in [2.05, 4.69) is 24.5 Å². The predicted molar refractivity (Wildman–Crippen MR) is 88.0 cm³/mol. The third kappa shape index (κ3) is 4.86. The van der Waals surface area contributed by atoms with E-state index in [9.17, 15) is 9.59 Å². The second-order valence-electron chi connectivity index (χ2n) is 6.47. The van der Waals surface area contributed by atoms with Crippen LogP contribution in [0.15, 0.2) is 24.3 Å². The van der Waals surface area contributed by atoms with E-state index in [-0.39, 0.29) is 17.9 Å². The summed E-state index contributed by atoms with van der Waals surface area (Å²) in [5.41, 5.74) is 1.10. The van der Waals surface area contributed by atoms with Gasteiger partial charge in [-0.3, -0.25) is 9.59 Å². The quantitative estimate of drug-likeness (QED) is 0.848. The van der Waals surface area contributed by atoms with E-state index in [0.29, 0.717) is 23.6 Å². The van der Waals surface area contributed by atoms with Crippen molar-refractivity contribution in [2.45, 2.75) is 52.0 Å². The molecule has 4 heteroatoms. The number of amides is 2. The van der Waals surface area contributed by atoms with Crippen LogP contribution in [0.4, 0.5) is 0 Å². The molecule has 0 bridgehead atoms. The first-order chi connectivity index (χ1) is 10.6. The van der Waals surface area contributed by atoms with Crippen molar-refractivity contribution < 1.29 is 9.59 Å². The Morgan fingerprint density at radius 1 is 1.14 bits per heavy atom. The lowest BCUT2D eigenvalue weighted by Crippen LogP contribution is -2.33. The van der Waals surface area contributed by atoms with Crippen LogP contribution in [-0.4, -0.2) is 24.4 Å². The van der Waals surface area contributed by atoms with Crippen LogP contribution in [0.2, 0.25) is 0 Å². The zero-order chi connectivity index (χ0) is 15.9. The smallest absolute Gasteiger partial charge is 0.251 e. The van der Waals surface area contributed by atoms with Gasteiger partial charge in [-0.2, -0.15) is 0 Å². The fraction of sp³-hybridized carbons (Fsp3) is 0.556. The van der Waals surface area contributed by atoms with Gasteiger partial charge in [-0.15, -0.1) is 0 Å². The number of carbonyl (C=O) groups is 2. The Morgan fingerprint density at radius 2 is 1.77 bits per heavy atom. The molecular weight excluding hydrogens is 276 g/mol. The molecule has 120 valence electrons. The lowest BCUT2D eigenvalue weighted by Gasteiger charge is -2.12. The van der Waals surface area contributed by atoms with Crippen molar-refractivity contribution in [1.82, 2.24) is 10.6 Å². The molecule has 4 nitrogen and oxygen atoms in total. The Kier molecular flexibility index (Phi) is 5.99. The molecule has 0 radical (unpaired) electrons. The Labute approximate surface area is 132 Å². The molecular formula is C18H26N2O2. The number of benzene rings is 1. The van der Waals surface area contributed by atoms with Gasteiger partial charge in [0.25, 0.3) is 11.8 Å². The van der Waals surface area contributed by atoms with Gasteiger partial charge >= 0.3 is 0 Å². The zero-order valence-corrected chi connectivity index (χ0v) is 13.5. The monoisotopic (exact) mass is 302 g/mol. The van der Waals surface area contributed by atoms with E-state index >= 15 is 0 Å². The summed E-state index contributed by atoms with van der Waals surface area (Å²) in [6, 6.07) is 7.23. The van der Waals surface area contributed by atoms with Gasteiger partial charge in [0.2, 0.25) is 0 Å². The van der Waals surface area contributed by atoms with Crippen LogP contribution >= 0.6 is 0 Å². The van der Waals surface area contributed by atoms with E-state index in [1.54, 1.807) is 24.3 Å². The first-order valence-electron chi connectivity index (χ1n) is 8.25. The van der Waals surface area contributed by atoms with E-state index < -0.39 is 0 Å². The van der Waals surface area contributed by atoms with E-state index in [0.717, 1.165) is 19.3 Å². The van der Waals surface area contributed by atoms with Gasteiger partial charge in [0.1, 0.15) is 0 Å². The van der Waals surface area contributed by atoms with Crippen molar-refractivity contribution in [2.75, 3.05) is 6.54 Å². The molecule has 1 fully saturated rings. The fourth-order valence-corrected chi connectivity index (χ4v) is 2.72. The zero-order valence-electron chi connectivity index (χ0n) is 13.5. The van der Waals surface area contributed by atoms with Crippen molar-refractivity contribution >= 4 is 11.8 Å². The highest BCUT2D eigenvalue weighted by molar-refractivity contribution is 5.99. The molecule has 22 heavy (non-hydrogen) atoms. The molecule has 0 aliphatic heterocycles. The normalized spacial score (nSPS) is 15.0. The van der Waals surface area contributed by atoms with E-state index in [1.165, 1.54) is 12.8 Å². The van der Waals surface area contributed by atoms with Crippen molar-refractivity contribution in [1.29, 1.82) is 0 Å². The molecule has 0 atom stereocenters. The van der Waals surface area contributed by atoms with Crippen LogP contribution in [0.3, 0.4) is 0 Å². The molecule has 0 unspecified atom stereocenters. The SMILES string of the molecule is CC(C)CCNC(=O)c1cccc(C(=O)NC2CCCC2)c1. The Balaban J connectivity index is 1.93. The standard InChI is InChI=1S/C18H26N2O2/c1-13(2)10-11-19-17(21)14-6-5-7-15(12-14)18(22)20-16-8-3-4-9-16/h5-7,12-13,16H,3-4,8-11H2,1-2H3,(H,19,21)(H,20,22). The number of carbonyl (C=O) groups excluding carboxylic acids is 2. The molecule has 2 rings (SSSR count). The lowest BCUT2D eigenvalue weighted by atomic mass is 10.1. The van der Waals surface area contributed by atoms with Gasteiger partial charge in [0.05, 0.1) is 0 Å². The summed E-state index contributed by atoms with van der Waals surface area (Å²) in [6.45, 7) is 4.91. The molecule has 1 aromatic carbocycles. The average molecular weight is 302 g/mol. The van der Waals surface area contributed by atoms with Gasteiger partial charge in [-0.1, -0.05) is 32.8 Å². The van der Waals surface area contributed by atoms with Crippen LogP contribution in [0.25, 0.3) is 0 Å². The van der Waals surface area contributed by atoms with Gasteiger partial charge in [0.15, 0.2) is 0 Å². The summed E-state index contributed by atoms with van der Waals surface area (Å²) in [5, 5.41) is 5.95. The van der Waals surface area contributed by atoms with Crippen LogP contribution in [0, 0.1) is 5.92 Å². The minimum atomic E-state index is -0.115. The van der Waals surface area contributed by atoms with Crippen LogP contribution in [-0.2, 0) is 0 Å². The first kappa shape index (κ1) is 16.5. The summed E-state index contributed by atoms with van der Waals surface area (Å²) in [6.07, 6.45) is 5.43. The van der Waals surface area contributed by atoms with Gasteiger partial charge in [-0.05, 0) is 43.4 Å². The number of rotatable bonds is 6. The van der Waals surface area contributed by atoms with E-state index in [1.807, 2.05) is 0 Å².